The largest absolute Gasteiger partial charge is 0.384 e. The zero-order valence-corrected chi connectivity index (χ0v) is 8.72. The lowest BCUT2D eigenvalue weighted by atomic mass is 10.00. The fourth-order valence-electron chi connectivity index (χ4n) is 1.31. The van der Waals surface area contributed by atoms with Crippen molar-refractivity contribution in [1.29, 1.82) is 0 Å². The summed E-state index contributed by atoms with van der Waals surface area (Å²) in [5, 5.41) is 0.510. The minimum absolute atomic E-state index is 0.140. The Morgan fingerprint density at radius 3 is 2.86 bits per heavy atom. The van der Waals surface area contributed by atoms with E-state index < -0.39 is 0 Å². The maximum Gasteiger partial charge on any atom is 0.126 e. The van der Waals surface area contributed by atoms with Gasteiger partial charge in [0.15, 0.2) is 0 Å². The summed E-state index contributed by atoms with van der Waals surface area (Å²) in [6.45, 7) is 0.735. The Bertz CT molecular complexity index is 306. The summed E-state index contributed by atoms with van der Waals surface area (Å²) in [5.74, 6) is -0.430. The third-order valence-electron chi connectivity index (χ3n) is 2.05. The number of halogens is 2. The molecule has 0 aliphatic heterocycles. The number of rotatable bonds is 4. The molecule has 4 heteroatoms. The minimum atomic E-state index is -0.290. The van der Waals surface area contributed by atoms with E-state index in [4.69, 9.17) is 22.1 Å². The lowest BCUT2D eigenvalue weighted by molar-refractivity contribution is 0.180. The van der Waals surface area contributed by atoms with Crippen LogP contribution in [-0.2, 0) is 4.74 Å². The quantitative estimate of drug-likeness (QED) is 0.839. The van der Waals surface area contributed by atoms with Crippen molar-refractivity contribution in [3.63, 3.8) is 0 Å². The Hall–Kier alpha value is -0.640. The molecule has 0 aromatic heterocycles. The topological polar surface area (TPSA) is 35.2 Å². The Morgan fingerprint density at radius 2 is 2.29 bits per heavy atom. The van der Waals surface area contributed by atoms with E-state index in [1.165, 1.54) is 12.1 Å². The molecule has 0 radical (unpaired) electrons. The molecule has 0 fully saturated rings. The predicted octanol–water partition coefficient (Wildman–Crippen LogP) is 2.17. The van der Waals surface area contributed by atoms with Gasteiger partial charge in [-0.3, -0.25) is 0 Å². The monoisotopic (exact) mass is 217 g/mol. The Kier molecular flexibility index (Phi) is 4.32. The summed E-state index contributed by atoms with van der Waals surface area (Å²) in [6, 6.07) is 4.45. The molecule has 0 heterocycles. The van der Waals surface area contributed by atoms with Crippen LogP contribution in [0, 0.1) is 5.82 Å². The molecule has 1 aromatic rings. The molecule has 0 amide bonds. The molecule has 78 valence electrons. The van der Waals surface area contributed by atoms with Gasteiger partial charge in [0.25, 0.3) is 0 Å². The molecular weight excluding hydrogens is 205 g/mol. The fourth-order valence-corrected chi connectivity index (χ4v) is 1.49. The van der Waals surface area contributed by atoms with E-state index in [-0.39, 0.29) is 11.7 Å². The third-order valence-corrected chi connectivity index (χ3v) is 2.29. The van der Waals surface area contributed by atoms with Crippen LogP contribution in [0.2, 0.25) is 5.02 Å². The SMILES string of the molecule is COCC(CN)c1cc(Cl)ccc1F. The Labute approximate surface area is 87.8 Å². The maximum absolute atomic E-state index is 13.4. The second kappa shape index (κ2) is 5.29. The van der Waals surface area contributed by atoms with Gasteiger partial charge in [-0.1, -0.05) is 11.6 Å². The van der Waals surface area contributed by atoms with Gasteiger partial charge >= 0.3 is 0 Å². The van der Waals surface area contributed by atoms with Crippen molar-refractivity contribution >= 4 is 11.6 Å². The van der Waals surface area contributed by atoms with Crippen molar-refractivity contribution in [1.82, 2.24) is 0 Å². The minimum Gasteiger partial charge on any atom is -0.384 e. The highest BCUT2D eigenvalue weighted by atomic mass is 35.5. The lowest BCUT2D eigenvalue weighted by Crippen LogP contribution is -2.18. The average molecular weight is 218 g/mol. The highest BCUT2D eigenvalue weighted by Gasteiger charge is 2.14. The van der Waals surface area contributed by atoms with Crippen molar-refractivity contribution in [3.8, 4) is 0 Å². The fraction of sp³-hybridized carbons (Fsp3) is 0.400. The number of methoxy groups -OCH3 is 1. The van der Waals surface area contributed by atoms with E-state index in [9.17, 15) is 4.39 Å². The molecule has 1 atom stereocenters. The van der Waals surface area contributed by atoms with Crippen LogP contribution >= 0.6 is 11.6 Å². The smallest absolute Gasteiger partial charge is 0.126 e. The zero-order valence-electron chi connectivity index (χ0n) is 7.97. The highest BCUT2D eigenvalue weighted by Crippen LogP contribution is 2.22. The third kappa shape index (κ3) is 2.67. The van der Waals surface area contributed by atoms with Gasteiger partial charge in [0.1, 0.15) is 5.82 Å². The number of ether oxygens (including phenoxy) is 1. The molecule has 0 aliphatic rings. The number of hydrogen-bond donors (Lipinski definition) is 1. The molecule has 1 unspecified atom stereocenters. The molecular formula is C10H13ClFNO. The number of benzene rings is 1. The first kappa shape index (κ1) is 11.4. The molecule has 14 heavy (non-hydrogen) atoms. The van der Waals surface area contributed by atoms with Gasteiger partial charge in [-0.15, -0.1) is 0 Å². The molecule has 1 aromatic carbocycles. The first-order valence-corrected chi connectivity index (χ1v) is 4.70. The lowest BCUT2D eigenvalue weighted by Gasteiger charge is -2.14. The average Bonchev–Trinajstić information content (AvgIpc) is 2.18. The zero-order chi connectivity index (χ0) is 10.6. The number of hydrogen-bond acceptors (Lipinski definition) is 2. The Balaban J connectivity index is 2.96. The van der Waals surface area contributed by atoms with Gasteiger partial charge in [0.2, 0.25) is 0 Å². The van der Waals surface area contributed by atoms with Crippen molar-refractivity contribution in [2.75, 3.05) is 20.3 Å². The van der Waals surface area contributed by atoms with Crippen LogP contribution in [0.25, 0.3) is 0 Å². The molecule has 2 N–H and O–H groups in total. The van der Waals surface area contributed by atoms with Crippen LogP contribution < -0.4 is 5.73 Å². The normalized spacial score (nSPS) is 12.9. The van der Waals surface area contributed by atoms with E-state index in [1.807, 2.05) is 0 Å². The van der Waals surface area contributed by atoms with E-state index >= 15 is 0 Å². The van der Waals surface area contributed by atoms with Gasteiger partial charge in [0, 0.05) is 24.6 Å². The summed E-state index contributed by atoms with van der Waals surface area (Å²) in [4.78, 5) is 0. The molecule has 2 nitrogen and oxygen atoms in total. The predicted molar refractivity (Wildman–Crippen MR) is 55.1 cm³/mol. The van der Waals surface area contributed by atoms with Crippen LogP contribution in [0.3, 0.4) is 0 Å². The summed E-state index contributed by atoms with van der Waals surface area (Å²) in [7, 11) is 1.56. The summed E-state index contributed by atoms with van der Waals surface area (Å²) in [5.41, 5.74) is 6.04. The van der Waals surface area contributed by atoms with Crippen molar-refractivity contribution in [2.45, 2.75) is 5.92 Å². The second-order valence-corrected chi connectivity index (χ2v) is 3.49. The Morgan fingerprint density at radius 1 is 1.57 bits per heavy atom. The van der Waals surface area contributed by atoms with E-state index in [0.29, 0.717) is 23.7 Å². The molecule has 0 saturated heterocycles. The van der Waals surface area contributed by atoms with Gasteiger partial charge < -0.3 is 10.5 Å². The van der Waals surface area contributed by atoms with Gasteiger partial charge in [-0.2, -0.15) is 0 Å². The molecule has 0 bridgehead atoms. The van der Waals surface area contributed by atoms with E-state index in [2.05, 4.69) is 0 Å². The molecule has 0 saturated carbocycles. The highest BCUT2D eigenvalue weighted by molar-refractivity contribution is 6.30. The van der Waals surface area contributed by atoms with Gasteiger partial charge in [-0.25, -0.2) is 4.39 Å². The van der Waals surface area contributed by atoms with Crippen LogP contribution in [-0.4, -0.2) is 20.3 Å². The molecule has 0 spiro atoms. The van der Waals surface area contributed by atoms with Crippen LogP contribution in [0.1, 0.15) is 11.5 Å². The van der Waals surface area contributed by atoms with Crippen LogP contribution in [0.5, 0.6) is 0 Å². The first-order chi connectivity index (χ1) is 6.69. The van der Waals surface area contributed by atoms with Crippen LogP contribution in [0.4, 0.5) is 4.39 Å². The van der Waals surface area contributed by atoms with Crippen molar-refractivity contribution in [2.24, 2.45) is 5.73 Å². The summed E-state index contributed by atoms with van der Waals surface area (Å²) in [6.07, 6.45) is 0. The first-order valence-electron chi connectivity index (χ1n) is 4.33. The molecule has 0 aliphatic carbocycles. The van der Waals surface area contributed by atoms with Gasteiger partial charge in [-0.05, 0) is 23.8 Å². The van der Waals surface area contributed by atoms with E-state index in [1.54, 1.807) is 13.2 Å². The second-order valence-electron chi connectivity index (χ2n) is 3.05. The van der Waals surface area contributed by atoms with Gasteiger partial charge in [0.05, 0.1) is 6.61 Å². The molecule has 1 rings (SSSR count). The van der Waals surface area contributed by atoms with Crippen molar-refractivity contribution in [3.05, 3.63) is 34.6 Å². The summed E-state index contributed by atoms with van der Waals surface area (Å²) < 4.78 is 18.3. The number of nitrogens with two attached hydrogens (primary N) is 1. The maximum atomic E-state index is 13.4. The summed E-state index contributed by atoms with van der Waals surface area (Å²) >= 11 is 5.77. The van der Waals surface area contributed by atoms with Crippen molar-refractivity contribution < 1.29 is 9.13 Å². The van der Waals surface area contributed by atoms with Crippen LogP contribution in [0.15, 0.2) is 18.2 Å². The van der Waals surface area contributed by atoms with E-state index in [0.717, 1.165) is 0 Å². The standard InChI is InChI=1S/C10H13ClFNO/c1-14-6-7(5-13)9-4-8(11)2-3-10(9)12/h2-4,7H,5-6,13H2,1H3.